The number of carboxylic acid groups (broad SMARTS) is 1. The fourth-order valence-electron chi connectivity index (χ4n) is 3.30. The first-order chi connectivity index (χ1) is 11.9. The van der Waals surface area contributed by atoms with Gasteiger partial charge in [0, 0.05) is 19.1 Å². The molecule has 1 atom stereocenters. The highest BCUT2D eigenvalue weighted by Crippen LogP contribution is 2.19. The number of carboxylic acids is 1. The molecule has 1 N–H and O–H groups in total. The Bertz CT molecular complexity index is 617. The molecule has 1 saturated heterocycles. The van der Waals surface area contributed by atoms with Gasteiger partial charge < -0.3 is 14.7 Å². The van der Waals surface area contributed by atoms with E-state index in [0.29, 0.717) is 13.1 Å². The summed E-state index contributed by atoms with van der Waals surface area (Å²) >= 11 is 0. The van der Waals surface area contributed by atoms with Gasteiger partial charge in [-0.25, -0.2) is 0 Å². The van der Waals surface area contributed by atoms with Crippen molar-refractivity contribution in [3.63, 3.8) is 0 Å². The molecule has 0 aromatic heterocycles. The van der Waals surface area contributed by atoms with E-state index in [9.17, 15) is 9.59 Å². The number of hydrogen-bond acceptors (Lipinski definition) is 4. The molecule has 6 nitrogen and oxygen atoms in total. The van der Waals surface area contributed by atoms with Crippen LogP contribution in [0.1, 0.15) is 30.4 Å². The lowest BCUT2D eigenvalue weighted by atomic mass is 10.1. The van der Waals surface area contributed by atoms with Gasteiger partial charge in [-0.3, -0.25) is 14.5 Å². The molecule has 0 spiro atoms. The van der Waals surface area contributed by atoms with Crippen molar-refractivity contribution in [2.24, 2.45) is 0 Å². The number of benzene rings is 1. The molecule has 6 heteroatoms. The lowest BCUT2D eigenvalue weighted by molar-refractivity contribution is -0.138. The second-order valence-electron chi connectivity index (χ2n) is 6.83. The summed E-state index contributed by atoms with van der Waals surface area (Å²) in [5.41, 5.74) is 2.19. The van der Waals surface area contributed by atoms with Gasteiger partial charge in [-0.15, -0.1) is 0 Å². The molecule has 138 valence electrons. The third-order valence-electron chi connectivity index (χ3n) is 4.74. The van der Waals surface area contributed by atoms with Crippen LogP contribution in [-0.2, 0) is 9.59 Å². The predicted molar refractivity (Wildman–Crippen MR) is 95.9 cm³/mol. The van der Waals surface area contributed by atoms with Crippen LogP contribution >= 0.6 is 0 Å². The van der Waals surface area contributed by atoms with Crippen LogP contribution in [0, 0.1) is 13.8 Å². The Balaban J connectivity index is 1.85. The highest BCUT2D eigenvalue weighted by molar-refractivity contribution is 5.77. The quantitative estimate of drug-likeness (QED) is 0.852. The van der Waals surface area contributed by atoms with Gasteiger partial charge in [0.05, 0.1) is 6.54 Å². The summed E-state index contributed by atoms with van der Waals surface area (Å²) in [6.45, 7) is 5.42. The molecule has 1 aliphatic rings. The summed E-state index contributed by atoms with van der Waals surface area (Å²) in [6.07, 6.45) is 2.58. The Kier molecular flexibility index (Phi) is 6.82. The van der Waals surface area contributed by atoms with Crippen LogP contribution < -0.4 is 4.74 Å². The zero-order chi connectivity index (χ0) is 18.4. The first-order valence-corrected chi connectivity index (χ1v) is 8.76. The number of amides is 1. The van der Waals surface area contributed by atoms with E-state index >= 15 is 0 Å². The van der Waals surface area contributed by atoms with Gasteiger partial charge in [-0.1, -0.05) is 17.7 Å². The van der Waals surface area contributed by atoms with Crippen molar-refractivity contribution in [3.05, 3.63) is 29.3 Å². The Labute approximate surface area is 149 Å². The number of hydrogen-bond donors (Lipinski definition) is 1. The van der Waals surface area contributed by atoms with Crippen molar-refractivity contribution in [1.82, 2.24) is 9.80 Å². The zero-order valence-corrected chi connectivity index (χ0v) is 15.3. The molecular formula is C19H28N2O4. The second-order valence-corrected chi connectivity index (χ2v) is 6.83. The maximum absolute atomic E-state index is 12.4. The van der Waals surface area contributed by atoms with E-state index in [-0.39, 0.29) is 25.1 Å². The Hall–Kier alpha value is -2.08. The number of ether oxygens (including phenoxy) is 1. The van der Waals surface area contributed by atoms with Crippen LogP contribution in [0.3, 0.4) is 0 Å². The fourth-order valence-corrected chi connectivity index (χ4v) is 3.30. The first kappa shape index (κ1) is 19.2. The minimum Gasteiger partial charge on any atom is -0.484 e. The van der Waals surface area contributed by atoms with Gasteiger partial charge >= 0.3 is 5.97 Å². The van der Waals surface area contributed by atoms with Crippen molar-refractivity contribution in [2.75, 3.05) is 33.3 Å². The SMILES string of the molecule is Cc1ccc(OCC(=O)N2CCCC(N(C)CC(=O)O)CC2)c(C)c1. The summed E-state index contributed by atoms with van der Waals surface area (Å²) in [7, 11) is 1.83. The largest absolute Gasteiger partial charge is 0.484 e. The summed E-state index contributed by atoms with van der Waals surface area (Å²) in [5, 5.41) is 8.92. The summed E-state index contributed by atoms with van der Waals surface area (Å²) in [5.74, 6) is -0.0871. The van der Waals surface area contributed by atoms with Crippen LogP contribution in [-0.4, -0.2) is 66.1 Å². The minimum atomic E-state index is -0.818. The average molecular weight is 348 g/mol. The fraction of sp³-hybridized carbons (Fsp3) is 0.579. The lowest BCUT2D eigenvalue weighted by Crippen LogP contribution is -2.38. The smallest absolute Gasteiger partial charge is 0.317 e. The maximum atomic E-state index is 12.4. The molecular weight excluding hydrogens is 320 g/mol. The number of aliphatic carboxylic acids is 1. The van der Waals surface area contributed by atoms with Gasteiger partial charge in [0.15, 0.2) is 6.61 Å². The summed E-state index contributed by atoms with van der Waals surface area (Å²) < 4.78 is 5.70. The Morgan fingerprint density at radius 2 is 2.04 bits per heavy atom. The van der Waals surface area contributed by atoms with Gasteiger partial charge in [0.25, 0.3) is 5.91 Å². The molecule has 1 amide bonds. The molecule has 0 radical (unpaired) electrons. The molecule has 25 heavy (non-hydrogen) atoms. The van der Waals surface area contributed by atoms with Crippen molar-refractivity contribution in [2.45, 2.75) is 39.2 Å². The van der Waals surface area contributed by atoms with Crippen molar-refractivity contribution < 1.29 is 19.4 Å². The van der Waals surface area contributed by atoms with Crippen LogP contribution in [0.4, 0.5) is 0 Å². The van der Waals surface area contributed by atoms with Gasteiger partial charge in [0.1, 0.15) is 5.75 Å². The normalized spacial score (nSPS) is 18.1. The first-order valence-electron chi connectivity index (χ1n) is 8.76. The topological polar surface area (TPSA) is 70.1 Å². The molecule has 0 aliphatic carbocycles. The number of carbonyl (C=O) groups is 2. The maximum Gasteiger partial charge on any atom is 0.317 e. The Morgan fingerprint density at radius 1 is 1.28 bits per heavy atom. The predicted octanol–water partition coefficient (Wildman–Crippen LogP) is 2.08. The molecule has 1 aromatic carbocycles. The van der Waals surface area contributed by atoms with E-state index in [4.69, 9.17) is 9.84 Å². The number of aryl methyl sites for hydroxylation is 2. The second kappa shape index (κ2) is 8.85. The van der Waals surface area contributed by atoms with E-state index in [1.807, 2.05) is 48.9 Å². The summed E-state index contributed by atoms with van der Waals surface area (Å²) in [6, 6.07) is 6.11. The average Bonchev–Trinajstić information content (AvgIpc) is 2.79. The number of carbonyl (C=O) groups excluding carboxylic acids is 1. The molecule has 0 saturated carbocycles. The third kappa shape index (κ3) is 5.74. The number of likely N-dealkylation sites (tertiary alicyclic amines) is 1. The Morgan fingerprint density at radius 3 is 2.72 bits per heavy atom. The molecule has 1 fully saturated rings. The molecule has 1 heterocycles. The molecule has 1 aromatic rings. The van der Waals surface area contributed by atoms with Crippen molar-refractivity contribution in [3.8, 4) is 5.75 Å². The van der Waals surface area contributed by atoms with E-state index in [2.05, 4.69) is 0 Å². The van der Waals surface area contributed by atoms with E-state index < -0.39 is 5.97 Å². The number of likely N-dealkylation sites (N-methyl/N-ethyl adjacent to an activating group) is 1. The highest BCUT2D eigenvalue weighted by atomic mass is 16.5. The molecule has 0 bridgehead atoms. The van der Waals surface area contributed by atoms with E-state index in [1.54, 1.807) is 0 Å². The van der Waals surface area contributed by atoms with Crippen molar-refractivity contribution >= 4 is 11.9 Å². The lowest BCUT2D eigenvalue weighted by Gasteiger charge is -2.25. The van der Waals surface area contributed by atoms with Crippen LogP contribution in [0.2, 0.25) is 0 Å². The monoisotopic (exact) mass is 348 g/mol. The van der Waals surface area contributed by atoms with Gasteiger partial charge in [-0.2, -0.15) is 0 Å². The molecule has 1 aliphatic heterocycles. The number of nitrogens with zero attached hydrogens (tertiary/aromatic N) is 2. The standard InChI is InChI=1S/C19H28N2O4/c1-14-6-7-17(15(2)11-14)25-13-18(22)21-9-4-5-16(8-10-21)20(3)12-19(23)24/h6-7,11,16H,4-5,8-10,12-13H2,1-3H3,(H,23,24). The van der Waals surface area contributed by atoms with E-state index in [1.165, 1.54) is 5.56 Å². The molecule has 1 unspecified atom stereocenters. The van der Waals surface area contributed by atoms with Gasteiger partial charge in [-0.05, 0) is 51.8 Å². The number of rotatable bonds is 6. The minimum absolute atomic E-state index is 0.0125. The highest BCUT2D eigenvalue weighted by Gasteiger charge is 2.24. The van der Waals surface area contributed by atoms with E-state index in [0.717, 1.165) is 30.6 Å². The zero-order valence-electron chi connectivity index (χ0n) is 15.3. The third-order valence-corrected chi connectivity index (χ3v) is 4.74. The van der Waals surface area contributed by atoms with Gasteiger partial charge in [0.2, 0.25) is 0 Å². The summed E-state index contributed by atoms with van der Waals surface area (Å²) in [4.78, 5) is 27.0. The molecule has 2 rings (SSSR count). The van der Waals surface area contributed by atoms with Crippen LogP contribution in [0.15, 0.2) is 18.2 Å². The van der Waals surface area contributed by atoms with Crippen LogP contribution in [0.5, 0.6) is 5.75 Å². The van der Waals surface area contributed by atoms with Crippen LogP contribution in [0.25, 0.3) is 0 Å². The van der Waals surface area contributed by atoms with Crippen molar-refractivity contribution in [1.29, 1.82) is 0 Å².